The molecule has 2 N–H and O–H groups in total. The first-order valence-corrected chi connectivity index (χ1v) is 9.59. The topological polar surface area (TPSA) is 71.1 Å². The predicted octanol–water partition coefficient (Wildman–Crippen LogP) is 4.10. The molecule has 0 saturated carbocycles. The van der Waals surface area contributed by atoms with E-state index >= 15 is 0 Å². The maximum atomic E-state index is 12.4. The Kier molecular flexibility index (Phi) is 5.21. The molecule has 1 aromatic heterocycles. The van der Waals surface area contributed by atoms with E-state index < -0.39 is 0 Å². The average Bonchev–Trinajstić information content (AvgIpc) is 2.74. The van der Waals surface area contributed by atoms with Gasteiger partial charge in [-0.2, -0.15) is 0 Å². The highest BCUT2D eigenvalue weighted by Gasteiger charge is 2.22. The third-order valence-electron chi connectivity index (χ3n) is 4.19. The molecule has 0 bridgehead atoms. The maximum absolute atomic E-state index is 12.4. The van der Waals surface area contributed by atoms with Gasteiger partial charge in [-0.1, -0.05) is 48.2 Å². The van der Waals surface area contributed by atoms with Gasteiger partial charge in [-0.15, -0.1) is 0 Å². The molecule has 0 saturated heterocycles. The van der Waals surface area contributed by atoms with Gasteiger partial charge in [0, 0.05) is 16.7 Å². The standard InChI is InChI=1S/C22H17N3O2S/c26-21(24-14-17-8-4-5-11-23-17)16-9-10-19-18(13-16)25-22(27)20(28-19)12-15-6-2-1-3-7-15/h1-13H,14H2,(H,24,26)(H,25,27). The highest BCUT2D eigenvalue weighted by molar-refractivity contribution is 8.04. The second-order valence-corrected chi connectivity index (χ2v) is 7.27. The predicted molar refractivity (Wildman–Crippen MR) is 111 cm³/mol. The summed E-state index contributed by atoms with van der Waals surface area (Å²) < 4.78 is 0. The van der Waals surface area contributed by atoms with Crippen LogP contribution < -0.4 is 10.6 Å². The van der Waals surface area contributed by atoms with Crippen LogP contribution in [-0.4, -0.2) is 16.8 Å². The number of hydrogen-bond acceptors (Lipinski definition) is 4. The molecular formula is C22H17N3O2S. The van der Waals surface area contributed by atoms with Crippen LogP contribution in [0.1, 0.15) is 21.6 Å². The Hall–Kier alpha value is -3.38. The van der Waals surface area contributed by atoms with Crippen molar-refractivity contribution in [2.24, 2.45) is 0 Å². The van der Waals surface area contributed by atoms with Crippen LogP contribution in [-0.2, 0) is 11.3 Å². The van der Waals surface area contributed by atoms with Crippen LogP contribution in [0.15, 0.2) is 82.7 Å². The van der Waals surface area contributed by atoms with E-state index in [1.54, 1.807) is 18.3 Å². The van der Waals surface area contributed by atoms with Gasteiger partial charge < -0.3 is 10.6 Å². The van der Waals surface area contributed by atoms with Crippen LogP contribution in [0.2, 0.25) is 0 Å². The van der Waals surface area contributed by atoms with Gasteiger partial charge in [-0.3, -0.25) is 14.6 Å². The summed E-state index contributed by atoms with van der Waals surface area (Å²) in [5.41, 5.74) is 2.89. The van der Waals surface area contributed by atoms with E-state index in [9.17, 15) is 9.59 Å². The SMILES string of the molecule is O=C1Nc2cc(C(=O)NCc3ccccn3)ccc2SC1=Cc1ccccc1. The first-order chi connectivity index (χ1) is 13.7. The van der Waals surface area contributed by atoms with Gasteiger partial charge in [0.1, 0.15) is 0 Å². The quantitative estimate of drug-likeness (QED) is 0.662. The molecule has 0 spiro atoms. The summed E-state index contributed by atoms with van der Waals surface area (Å²) in [5.74, 6) is -0.384. The number of hydrogen-bond donors (Lipinski definition) is 2. The molecule has 138 valence electrons. The van der Waals surface area contributed by atoms with Gasteiger partial charge in [-0.25, -0.2) is 0 Å². The van der Waals surface area contributed by atoms with Crippen molar-refractivity contribution in [1.82, 2.24) is 10.3 Å². The molecule has 0 aliphatic carbocycles. The Balaban J connectivity index is 1.49. The zero-order valence-corrected chi connectivity index (χ0v) is 15.7. The monoisotopic (exact) mass is 387 g/mol. The van der Waals surface area contributed by atoms with E-state index in [1.807, 2.05) is 60.7 Å². The lowest BCUT2D eigenvalue weighted by Crippen LogP contribution is -2.24. The van der Waals surface area contributed by atoms with Crippen molar-refractivity contribution in [2.75, 3.05) is 5.32 Å². The highest BCUT2D eigenvalue weighted by Crippen LogP contribution is 2.39. The number of amides is 2. The van der Waals surface area contributed by atoms with E-state index in [0.717, 1.165) is 16.2 Å². The van der Waals surface area contributed by atoms with Crippen molar-refractivity contribution in [1.29, 1.82) is 0 Å². The van der Waals surface area contributed by atoms with Gasteiger partial charge in [0.05, 0.1) is 22.8 Å². The normalized spacial score (nSPS) is 14.3. The molecule has 6 heteroatoms. The summed E-state index contributed by atoms with van der Waals surface area (Å²) in [6.45, 7) is 0.349. The van der Waals surface area contributed by atoms with Crippen molar-refractivity contribution in [2.45, 2.75) is 11.4 Å². The fraction of sp³-hybridized carbons (Fsp3) is 0.0455. The Labute approximate surface area is 166 Å². The van der Waals surface area contributed by atoms with Crippen LogP contribution in [0, 0.1) is 0 Å². The summed E-state index contributed by atoms with van der Waals surface area (Å²) in [5, 5.41) is 5.72. The van der Waals surface area contributed by atoms with Crippen molar-refractivity contribution >= 4 is 35.3 Å². The summed E-state index contributed by atoms with van der Waals surface area (Å²) in [6.07, 6.45) is 3.55. The van der Waals surface area contributed by atoms with Crippen molar-refractivity contribution in [3.63, 3.8) is 0 Å². The van der Waals surface area contributed by atoms with Gasteiger partial charge in [0.2, 0.25) is 0 Å². The lowest BCUT2D eigenvalue weighted by atomic mass is 10.1. The number of pyridine rings is 1. The third kappa shape index (κ3) is 4.13. The summed E-state index contributed by atoms with van der Waals surface area (Å²) in [6, 6.07) is 20.6. The maximum Gasteiger partial charge on any atom is 0.262 e. The van der Waals surface area contributed by atoms with E-state index in [0.29, 0.717) is 22.7 Å². The van der Waals surface area contributed by atoms with Gasteiger partial charge in [0.25, 0.3) is 11.8 Å². The molecule has 4 rings (SSSR count). The zero-order valence-electron chi connectivity index (χ0n) is 14.9. The van der Waals surface area contributed by atoms with Crippen LogP contribution >= 0.6 is 11.8 Å². The number of nitrogens with zero attached hydrogens (tertiary/aromatic N) is 1. The first kappa shape index (κ1) is 18.0. The Morgan fingerprint density at radius 2 is 1.89 bits per heavy atom. The van der Waals surface area contributed by atoms with E-state index in [1.165, 1.54) is 11.8 Å². The number of anilines is 1. The smallest absolute Gasteiger partial charge is 0.262 e. The molecule has 5 nitrogen and oxygen atoms in total. The van der Waals surface area contributed by atoms with Crippen LogP contribution in [0.4, 0.5) is 5.69 Å². The molecule has 2 aromatic carbocycles. The van der Waals surface area contributed by atoms with Crippen LogP contribution in [0.25, 0.3) is 6.08 Å². The molecule has 0 unspecified atom stereocenters. The molecule has 3 aromatic rings. The highest BCUT2D eigenvalue weighted by atomic mass is 32.2. The minimum absolute atomic E-state index is 0.174. The fourth-order valence-corrected chi connectivity index (χ4v) is 3.71. The lowest BCUT2D eigenvalue weighted by molar-refractivity contribution is -0.112. The van der Waals surface area contributed by atoms with Crippen LogP contribution in [0.3, 0.4) is 0 Å². The second-order valence-electron chi connectivity index (χ2n) is 6.19. The molecule has 2 heterocycles. The second kappa shape index (κ2) is 8.10. The molecular weight excluding hydrogens is 370 g/mol. The van der Waals surface area contributed by atoms with Gasteiger partial charge >= 0.3 is 0 Å². The molecule has 28 heavy (non-hydrogen) atoms. The average molecular weight is 387 g/mol. The number of benzene rings is 2. The molecule has 1 aliphatic rings. The number of fused-ring (bicyclic) bond motifs is 1. The summed E-state index contributed by atoms with van der Waals surface area (Å²) >= 11 is 1.40. The Morgan fingerprint density at radius 1 is 1.07 bits per heavy atom. The Bertz CT molecular complexity index is 1050. The first-order valence-electron chi connectivity index (χ1n) is 8.77. The van der Waals surface area contributed by atoms with Crippen molar-refractivity contribution in [3.8, 4) is 0 Å². The molecule has 2 amide bonds. The van der Waals surface area contributed by atoms with Gasteiger partial charge in [0.15, 0.2) is 0 Å². The van der Waals surface area contributed by atoms with Crippen molar-refractivity contribution in [3.05, 3.63) is 94.7 Å². The molecule has 0 atom stereocenters. The Morgan fingerprint density at radius 3 is 2.68 bits per heavy atom. The minimum atomic E-state index is -0.210. The molecule has 0 radical (unpaired) electrons. The largest absolute Gasteiger partial charge is 0.346 e. The minimum Gasteiger partial charge on any atom is -0.346 e. The van der Waals surface area contributed by atoms with E-state index in [2.05, 4.69) is 15.6 Å². The third-order valence-corrected chi connectivity index (χ3v) is 5.29. The number of nitrogens with one attached hydrogen (secondary N) is 2. The fourth-order valence-electron chi connectivity index (χ4n) is 2.78. The number of carbonyl (C=O) groups excluding carboxylic acids is 2. The van der Waals surface area contributed by atoms with Crippen molar-refractivity contribution < 1.29 is 9.59 Å². The summed E-state index contributed by atoms with van der Waals surface area (Å²) in [7, 11) is 0. The number of rotatable bonds is 4. The van der Waals surface area contributed by atoms with E-state index in [4.69, 9.17) is 0 Å². The van der Waals surface area contributed by atoms with Gasteiger partial charge in [-0.05, 0) is 42.0 Å². The summed E-state index contributed by atoms with van der Waals surface area (Å²) in [4.78, 5) is 30.6. The number of aromatic nitrogens is 1. The lowest BCUT2D eigenvalue weighted by Gasteiger charge is -2.19. The number of thioether (sulfide) groups is 1. The zero-order chi connectivity index (χ0) is 19.3. The molecule has 0 fully saturated rings. The van der Waals surface area contributed by atoms with E-state index in [-0.39, 0.29) is 11.8 Å². The number of carbonyl (C=O) groups is 2. The molecule has 1 aliphatic heterocycles. The van der Waals surface area contributed by atoms with Crippen LogP contribution in [0.5, 0.6) is 0 Å².